The summed E-state index contributed by atoms with van der Waals surface area (Å²) in [4.78, 5) is 0. The van der Waals surface area contributed by atoms with Crippen LogP contribution in [0.1, 0.15) is 22.3 Å². The number of thiophene rings is 1. The van der Waals surface area contributed by atoms with E-state index in [1.807, 2.05) is 11.3 Å². The van der Waals surface area contributed by atoms with Crippen LogP contribution in [0.3, 0.4) is 0 Å². The van der Waals surface area contributed by atoms with Gasteiger partial charge in [-0.2, -0.15) is 0 Å². The van der Waals surface area contributed by atoms with Crippen molar-refractivity contribution >= 4 is 58.2 Å². The Morgan fingerprint density at radius 1 is 0.486 bits per heavy atom. The van der Waals surface area contributed by atoms with Gasteiger partial charge in [0.15, 0.2) is 0 Å². The highest BCUT2D eigenvalue weighted by Crippen LogP contribution is 2.62. The highest BCUT2D eigenvalue weighted by molar-refractivity contribution is 9.10. The molecule has 2 aliphatic rings. The second-order valence-corrected chi connectivity index (χ2v) is 12.2. The molecular weight excluding hydrogens is 532 g/mol. The smallest absolute Gasteiger partial charge is 0.0725 e. The quantitative estimate of drug-likeness (QED) is 0.176. The molecule has 9 rings (SSSR count). The maximum atomic E-state index is 3.69. The summed E-state index contributed by atoms with van der Waals surface area (Å²) < 4.78 is 3.80. The van der Waals surface area contributed by atoms with E-state index in [0.717, 1.165) is 4.47 Å². The molecule has 0 N–H and O–H groups in total. The molecule has 1 aromatic heterocycles. The zero-order valence-electron chi connectivity index (χ0n) is 19.8. The first-order valence-electron chi connectivity index (χ1n) is 12.6. The van der Waals surface area contributed by atoms with E-state index in [2.05, 4.69) is 131 Å². The molecule has 37 heavy (non-hydrogen) atoms. The molecule has 0 saturated heterocycles. The average Bonchev–Trinajstić information content (AvgIpc) is 3.44. The fourth-order valence-corrected chi connectivity index (χ4v) is 8.85. The minimum Gasteiger partial charge on any atom is -0.135 e. The molecule has 0 aliphatic heterocycles. The Kier molecular flexibility index (Phi) is 3.84. The van der Waals surface area contributed by atoms with Crippen LogP contribution in [0.25, 0.3) is 53.2 Å². The number of rotatable bonds is 0. The Bertz CT molecular complexity index is 2060. The Labute approximate surface area is 227 Å². The van der Waals surface area contributed by atoms with Gasteiger partial charge in [-0.05, 0) is 79.5 Å². The predicted octanol–water partition coefficient (Wildman–Crippen LogP) is 10.3. The summed E-state index contributed by atoms with van der Waals surface area (Å²) in [5, 5.41) is 5.37. The number of hydrogen-bond acceptors (Lipinski definition) is 1. The van der Waals surface area contributed by atoms with E-state index in [4.69, 9.17) is 0 Å². The van der Waals surface area contributed by atoms with Crippen LogP contribution in [0.15, 0.2) is 120 Å². The van der Waals surface area contributed by atoms with Gasteiger partial charge in [-0.1, -0.05) is 107 Å². The van der Waals surface area contributed by atoms with Gasteiger partial charge >= 0.3 is 0 Å². The molecule has 2 heteroatoms. The van der Waals surface area contributed by atoms with Crippen LogP contribution in [0.5, 0.6) is 0 Å². The van der Waals surface area contributed by atoms with Crippen LogP contribution in [-0.2, 0) is 5.41 Å². The van der Waals surface area contributed by atoms with Gasteiger partial charge in [-0.25, -0.2) is 0 Å². The largest absolute Gasteiger partial charge is 0.135 e. The summed E-state index contributed by atoms with van der Waals surface area (Å²) in [5.41, 5.74) is 10.6. The zero-order chi connectivity index (χ0) is 24.3. The van der Waals surface area contributed by atoms with Crippen molar-refractivity contribution in [1.29, 1.82) is 0 Å². The van der Waals surface area contributed by atoms with Crippen molar-refractivity contribution in [2.45, 2.75) is 5.41 Å². The van der Waals surface area contributed by atoms with Crippen LogP contribution in [0, 0.1) is 0 Å². The van der Waals surface area contributed by atoms with Crippen molar-refractivity contribution in [3.8, 4) is 22.3 Å². The second kappa shape index (κ2) is 6.98. The fraction of sp³-hybridized carbons (Fsp3) is 0.0286. The Morgan fingerprint density at radius 2 is 1.14 bits per heavy atom. The van der Waals surface area contributed by atoms with Crippen LogP contribution in [0.4, 0.5) is 0 Å². The van der Waals surface area contributed by atoms with Gasteiger partial charge in [0.1, 0.15) is 0 Å². The molecule has 6 aromatic carbocycles. The third-order valence-electron chi connectivity index (χ3n) is 8.53. The first-order chi connectivity index (χ1) is 18.2. The molecule has 0 saturated carbocycles. The lowest BCUT2D eigenvalue weighted by molar-refractivity contribution is 0.775. The molecule has 0 nitrogen and oxygen atoms in total. The number of hydrogen-bond donors (Lipinski definition) is 0. The molecule has 0 radical (unpaired) electrons. The van der Waals surface area contributed by atoms with Gasteiger partial charge < -0.3 is 0 Å². The Morgan fingerprint density at radius 3 is 1.92 bits per heavy atom. The summed E-state index contributed by atoms with van der Waals surface area (Å²) in [6.45, 7) is 0. The highest BCUT2D eigenvalue weighted by atomic mass is 79.9. The van der Waals surface area contributed by atoms with Gasteiger partial charge in [0, 0.05) is 24.6 Å². The molecule has 1 spiro atoms. The topological polar surface area (TPSA) is 0 Å². The SMILES string of the molecule is Brc1ccc2c(c1)sc1cc3c(cc12)C1(c2ccccc2-c2ccccc21)c1cccc2cccc-3c12. The molecule has 0 fully saturated rings. The first-order valence-corrected chi connectivity index (χ1v) is 14.2. The fourth-order valence-electron chi connectivity index (χ4n) is 7.17. The maximum absolute atomic E-state index is 3.69. The predicted molar refractivity (Wildman–Crippen MR) is 161 cm³/mol. The van der Waals surface area contributed by atoms with Gasteiger partial charge in [0.2, 0.25) is 0 Å². The van der Waals surface area contributed by atoms with Crippen LogP contribution < -0.4 is 0 Å². The van der Waals surface area contributed by atoms with Crippen LogP contribution >= 0.6 is 27.3 Å². The summed E-state index contributed by atoms with van der Waals surface area (Å²) in [6.07, 6.45) is 0. The molecule has 1 heterocycles. The molecule has 0 amide bonds. The maximum Gasteiger partial charge on any atom is 0.0725 e. The lowest BCUT2D eigenvalue weighted by atomic mass is 9.61. The van der Waals surface area contributed by atoms with Crippen molar-refractivity contribution in [1.82, 2.24) is 0 Å². The molecule has 0 bridgehead atoms. The lowest BCUT2D eigenvalue weighted by Crippen LogP contribution is -2.31. The number of halogens is 1. The van der Waals surface area contributed by atoms with Gasteiger partial charge in [0.25, 0.3) is 0 Å². The van der Waals surface area contributed by atoms with Crippen molar-refractivity contribution < 1.29 is 0 Å². The molecule has 172 valence electrons. The van der Waals surface area contributed by atoms with E-state index in [1.165, 1.54) is 75.5 Å². The van der Waals surface area contributed by atoms with Crippen molar-refractivity contribution in [2.75, 3.05) is 0 Å². The van der Waals surface area contributed by atoms with E-state index in [0.29, 0.717) is 0 Å². The van der Waals surface area contributed by atoms with Crippen LogP contribution in [0.2, 0.25) is 0 Å². The third-order valence-corrected chi connectivity index (χ3v) is 10.1. The zero-order valence-corrected chi connectivity index (χ0v) is 22.2. The van der Waals surface area contributed by atoms with Gasteiger partial charge in [0.05, 0.1) is 5.41 Å². The van der Waals surface area contributed by atoms with Gasteiger partial charge in [-0.15, -0.1) is 11.3 Å². The standard InChI is InChI=1S/C35H19BrS/c36-21-15-16-24-27-18-31-26(19-33(27)37-32(24)17-21)25-11-5-7-20-8-6-14-30(34(20)25)35(31)28-12-3-1-9-22(28)23-10-2-4-13-29(23)35/h1-19H. The second-order valence-electron chi connectivity index (χ2n) is 10.2. The van der Waals surface area contributed by atoms with Crippen molar-refractivity contribution in [3.63, 3.8) is 0 Å². The molecule has 0 unspecified atom stereocenters. The molecular formula is C35H19BrS. The van der Waals surface area contributed by atoms with Crippen molar-refractivity contribution in [3.05, 3.63) is 142 Å². The minimum atomic E-state index is -0.353. The summed E-state index contributed by atoms with van der Waals surface area (Å²) >= 11 is 5.58. The molecule has 2 aliphatic carbocycles. The summed E-state index contributed by atoms with van der Waals surface area (Å²) in [5.74, 6) is 0. The van der Waals surface area contributed by atoms with E-state index < -0.39 is 0 Å². The van der Waals surface area contributed by atoms with E-state index in [-0.39, 0.29) is 5.41 Å². The Hall–Kier alpha value is -3.72. The summed E-state index contributed by atoms with van der Waals surface area (Å²) in [6, 6.07) is 43.5. The lowest BCUT2D eigenvalue weighted by Gasteiger charge is -2.40. The van der Waals surface area contributed by atoms with E-state index >= 15 is 0 Å². The van der Waals surface area contributed by atoms with Crippen molar-refractivity contribution in [2.24, 2.45) is 0 Å². The first kappa shape index (κ1) is 20.4. The number of benzene rings is 6. The monoisotopic (exact) mass is 550 g/mol. The summed E-state index contributed by atoms with van der Waals surface area (Å²) in [7, 11) is 0. The van der Waals surface area contributed by atoms with Crippen LogP contribution in [-0.4, -0.2) is 0 Å². The molecule has 0 atom stereocenters. The minimum absolute atomic E-state index is 0.353. The van der Waals surface area contributed by atoms with E-state index in [9.17, 15) is 0 Å². The number of fused-ring (bicyclic) bond motifs is 12. The normalized spacial score (nSPS) is 14.3. The van der Waals surface area contributed by atoms with E-state index in [1.54, 1.807) is 0 Å². The Balaban J connectivity index is 1.56. The average molecular weight is 552 g/mol. The third kappa shape index (κ3) is 2.39. The molecule has 7 aromatic rings. The highest BCUT2D eigenvalue weighted by Gasteiger charge is 2.50. The van der Waals surface area contributed by atoms with Gasteiger partial charge in [-0.3, -0.25) is 0 Å².